The molecule has 0 atom stereocenters. The van der Waals surface area contributed by atoms with E-state index in [2.05, 4.69) is 4.90 Å². The molecule has 0 fully saturated rings. The van der Waals surface area contributed by atoms with Crippen molar-refractivity contribution >= 4 is 5.69 Å². The number of nitrogens with zero attached hydrogens (tertiary/aromatic N) is 1. The van der Waals surface area contributed by atoms with Gasteiger partial charge in [0, 0.05) is 18.8 Å². The number of halogens is 1. The van der Waals surface area contributed by atoms with Crippen LogP contribution >= 0.6 is 0 Å². The van der Waals surface area contributed by atoms with Crippen LogP contribution in [0.4, 0.5) is 10.1 Å². The monoisotopic (exact) mass is 236 g/mol. The molecule has 1 heterocycles. The first-order chi connectivity index (χ1) is 8.31. The molecule has 0 aliphatic carbocycles. The third-order valence-corrected chi connectivity index (χ3v) is 3.42. The molecule has 0 bridgehead atoms. The van der Waals surface area contributed by atoms with E-state index in [0.717, 1.165) is 38.2 Å². The lowest BCUT2D eigenvalue weighted by Gasteiger charge is -2.19. The van der Waals surface area contributed by atoms with Crippen molar-refractivity contribution in [1.29, 1.82) is 0 Å². The lowest BCUT2D eigenvalue weighted by atomic mass is 10.1. The fraction of sp³-hybridized carbons (Fsp3) is 0.571. The van der Waals surface area contributed by atoms with Gasteiger partial charge in [0.25, 0.3) is 0 Å². The van der Waals surface area contributed by atoms with E-state index in [0.29, 0.717) is 0 Å². The molecule has 94 valence electrons. The maximum absolute atomic E-state index is 13.2. The van der Waals surface area contributed by atoms with Gasteiger partial charge in [-0.3, -0.25) is 0 Å². The van der Waals surface area contributed by atoms with E-state index in [1.165, 1.54) is 24.8 Å². The van der Waals surface area contributed by atoms with Crippen LogP contribution in [0.2, 0.25) is 0 Å². The smallest absolute Gasteiger partial charge is 0.125 e. The number of hydrogen-bond acceptors (Lipinski definition) is 2. The van der Waals surface area contributed by atoms with Gasteiger partial charge < -0.3 is 10.6 Å². The van der Waals surface area contributed by atoms with E-state index < -0.39 is 0 Å². The first kappa shape index (κ1) is 12.4. The predicted molar refractivity (Wildman–Crippen MR) is 69.8 cm³/mol. The second-order valence-corrected chi connectivity index (χ2v) is 4.71. The first-order valence-electron chi connectivity index (χ1n) is 6.54. The molecule has 1 aliphatic heterocycles. The van der Waals surface area contributed by atoms with Crippen molar-refractivity contribution in [3.8, 4) is 0 Å². The van der Waals surface area contributed by atoms with Crippen LogP contribution in [0, 0.1) is 5.82 Å². The van der Waals surface area contributed by atoms with E-state index in [1.807, 2.05) is 6.07 Å². The molecule has 1 aliphatic rings. The van der Waals surface area contributed by atoms with Gasteiger partial charge in [-0.2, -0.15) is 0 Å². The van der Waals surface area contributed by atoms with Crippen molar-refractivity contribution in [3.63, 3.8) is 0 Å². The molecular weight excluding hydrogens is 215 g/mol. The molecule has 0 saturated heterocycles. The van der Waals surface area contributed by atoms with Crippen LogP contribution in [0.1, 0.15) is 31.2 Å². The number of rotatable bonds is 6. The number of benzene rings is 1. The van der Waals surface area contributed by atoms with Crippen molar-refractivity contribution in [1.82, 2.24) is 0 Å². The fourth-order valence-corrected chi connectivity index (χ4v) is 2.45. The second-order valence-electron chi connectivity index (χ2n) is 4.71. The minimum Gasteiger partial charge on any atom is -0.371 e. The summed E-state index contributed by atoms with van der Waals surface area (Å²) in [6, 6.07) is 5.14. The Bertz CT molecular complexity index is 365. The number of nitrogens with two attached hydrogens (primary N) is 1. The van der Waals surface area contributed by atoms with E-state index >= 15 is 0 Å². The average molecular weight is 236 g/mol. The van der Waals surface area contributed by atoms with Gasteiger partial charge in [-0.25, -0.2) is 4.39 Å². The summed E-state index contributed by atoms with van der Waals surface area (Å²) in [5.41, 5.74) is 7.85. The van der Waals surface area contributed by atoms with Crippen LogP contribution in [0.15, 0.2) is 18.2 Å². The third-order valence-electron chi connectivity index (χ3n) is 3.42. The zero-order valence-corrected chi connectivity index (χ0v) is 10.3. The molecule has 1 aromatic carbocycles. The number of fused-ring (bicyclic) bond motifs is 1. The summed E-state index contributed by atoms with van der Waals surface area (Å²) >= 11 is 0. The standard InChI is InChI=1S/C14H21FN2/c15-13-6-5-12-7-10-17(14(12)11-13)9-4-2-1-3-8-16/h5-6,11H,1-4,7-10,16H2. The molecule has 0 spiro atoms. The Hall–Kier alpha value is -1.09. The largest absolute Gasteiger partial charge is 0.371 e. The number of hydrogen-bond donors (Lipinski definition) is 1. The van der Waals surface area contributed by atoms with Crippen molar-refractivity contribution in [2.24, 2.45) is 5.73 Å². The predicted octanol–water partition coefficient (Wildman–Crippen LogP) is 2.71. The van der Waals surface area contributed by atoms with Crippen molar-refractivity contribution in [2.75, 3.05) is 24.5 Å². The van der Waals surface area contributed by atoms with Crippen LogP contribution in [0.3, 0.4) is 0 Å². The highest BCUT2D eigenvalue weighted by molar-refractivity contribution is 5.57. The van der Waals surface area contributed by atoms with Gasteiger partial charge in [-0.1, -0.05) is 18.9 Å². The van der Waals surface area contributed by atoms with Gasteiger partial charge in [0.05, 0.1) is 0 Å². The summed E-state index contributed by atoms with van der Waals surface area (Å²) in [6.45, 7) is 2.87. The summed E-state index contributed by atoms with van der Waals surface area (Å²) in [5, 5.41) is 0. The molecule has 3 heteroatoms. The van der Waals surface area contributed by atoms with Gasteiger partial charge in [0.2, 0.25) is 0 Å². The molecule has 0 aromatic heterocycles. The second kappa shape index (κ2) is 6.01. The highest BCUT2D eigenvalue weighted by atomic mass is 19.1. The van der Waals surface area contributed by atoms with Crippen LogP contribution < -0.4 is 10.6 Å². The zero-order valence-electron chi connectivity index (χ0n) is 10.3. The molecule has 2 nitrogen and oxygen atoms in total. The summed E-state index contributed by atoms with van der Waals surface area (Å²) in [4.78, 5) is 2.31. The quantitative estimate of drug-likeness (QED) is 0.769. The average Bonchev–Trinajstić information content (AvgIpc) is 2.72. The summed E-state index contributed by atoms with van der Waals surface area (Å²) in [7, 11) is 0. The van der Waals surface area contributed by atoms with Crippen LogP contribution in [0.25, 0.3) is 0 Å². The lowest BCUT2D eigenvalue weighted by molar-refractivity contribution is 0.623. The summed E-state index contributed by atoms with van der Waals surface area (Å²) in [5.74, 6) is -0.126. The highest BCUT2D eigenvalue weighted by Crippen LogP contribution is 2.28. The van der Waals surface area contributed by atoms with Gasteiger partial charge in [-0.05, 0) is 43.5 Å². The Morgan fingerprint density at radius 1 is 1.18 bits per heavy atom. The van der Waals surface area contributed by atoms with Gasteiger partial charge in [0.1, 0.15) is 5.82 Å². The molecule has 2 N–H and O–H groups in total. The maximum atomic E-state index is 13.2. The Morgan fingerprint density at radius 3 is 2.82 bits per heavy atom. The van der Waals surface area contributed by atoms with E-state index in [-0.39, 0.29) is 5.82 Å². The number of anilines is 1. The Morgan fingerprint density at radius 2 is 2.00 bits per heavy atom. The van der Waals surface area contributed by atoms with Crippen molar-refractivity contribution in [3.05, 3.63) is 29.6 Å². The molecule has 17 heavy (non-hydrogen) atoms. The van der Waals surface area contributed by atoms with Gasteiger partial charge in [-0.15, -0.1) is 0 Å². The Labute approximate surface area is 103 Å². The highest BCUT2D eigenvalue weighted by Gasteiger charge is 2.18. The lowest BCUT2D eigenvalue weighted by Crippen LogP contribution is -2.21. The summed E-state index contributed by atoms with van der Waals surface area (Å²) < 4.78 is 13.2. The molecule has 0 amide bonds. The van der Waals surface area contributed by atoms with Crippen molar-refractivity contribution < 1.29 is 4.39 Å². The van der Waals surface area contributed by atoms with Crippen LogP contribution in [-0.4, -0.2) is 19.6 Å². The summed E-state index contributed by atoms with van der Waals surface area (Å²) in [6.07, 6.45) is 5.78. The molecule has 1 aromatic rings. The Balaban J connectivity index is 1.82. The van der Waals surface area contributed by atoms with Gasteiger partial charge in [0.15, 0.2) is 0 Å². The molecule has 0 unspecified atom stereocenters. The van der Waals surface area contributed by atoms with Crippen LogP contribution in [-0.2, 0) is 6.42 Å². The normalized spacial score (nSPS) is 14.1. The topological polar surface area (TPSA) is 29.3 Å². The Kier molecular flexibility index (Phi) is 4.37. The first-order valence-corrected chi connectivity index (χ1v) is 6.54. The number of unbranched alkanes of at least 4 members (excludes halogenated alkanes) is 3. The molecule has 0 saturated carbocycles. The molecule has 2 rings (SSSR count). The third kappa shape index (κ3) is 3.19. The maximum Gasteiger partial charge on any atom is 0.125 e. The van der Waals surface area contributed by atoms with E-state index in [4.69, 9.17) is 5.73 Å². The molecule has 0 radical (unpaired) electrons. The van der Waals surface area contributed by atoms with E-state index in [9.17, 15) is 4.39 Å². The molecular formula is C14H21FN2. The minimum atomic E-state index is -0.126. The zero-order chi connectivity index (χ0) is 12.1. The van der Waals surface area contributed by atoms with E-state index in [1.54, 1.807) is 12.1 Å². The fourth-order valence-electron chi connectivity index (χ4n) is 2.45. The minimum absolute atomic E-state index is 0.126. The van der Waals surface area contributed by atoms with Gasteiger partial charge >= 0.3 is 0 Å². The van der Waals surface area contributed by atoms with Crippen LogP contribution in [0.5, 0.6) is 0 Å². The SMILES string of the molecule is NCCCCCCN1CCc2ccc(F)cc21. The van der Waals surface area contributed by atoms with Crippen molar-refractivity contribution in [2.45, 2.75) is 32.1 Å².